The van der Waals surface area contributed by atoms with Gasteiger partial charge in [-0.3, -0.25) is 4.79 Å². The first-order valence-corrected chi connectivity index (χ1v) is 6.55. The van der Waals surface area contributed by atoms with E-state index in [1.807, 2.05) is 35.0 Å². The van der Waals surface area contributed by atoms with Crippen LogP contribution in [0.2, 0.25) is 5.02 Å². The van der Waals surface area contributed by atoms with Crippen molar-refractivity contribution in [3.8, 4) is 0 Å². The maximum atomic E-state index is 13.1. The molecule has 3 rings (SSSR count). The van der Waals surface area contributed by atoms with Gasteiger partial charge < -0.3 is 4.57 Å². The molecule has 0 radical (unpaired) electrons. The first-order valence-electron chi connectivity index (χ1n) is 6.17. The van der Waals surface area contributed by atoms with Crippen molar-refractivity contribution in [3.63, 3.8) is 0 Å². The van der Waals surface area contributed by atoms with E-state index in [2.05, 4.69) is 0 Å². The van der Waals surface area contributed by atoms with Crippen molar-refractivity contribution < 1.29 is 9.18 Å². The van der Waals surface area contributed by atoms with Crippen LogP contribution in [0.25, 0.3) is 10.9 Å². The highest BCUT2D eigenvalue weighted by Crippen LogP contribution is 2.24. The fourth-order valence-electron chi connectivity index (χ4n) is 2.23. The van der Waals surface area contributed by atoms with E-state index in [0.29, 0.717) is 10.6 Å². The summed E-state index contributed by atoms with van der Waals surface area (Å²) in [7, 11) is 0. The maximum Gasteiger partial charge on any atom is 0.182 e. The van der Waals surface area contributed by atoms with Gasteiger partial charge in [-0.15, -0.1) is 0 Å². The molecule has 100 valence electrons. The topological polar surface area (TPSA) is 22.0 Å². The molecule has 0 aliphatic rings. The number of benzene rings is 2. The fraction of sp³-hybridized carbons (Fsp3) is 0.0625. The third kappa shape index (κ3) is 2.32. The van der Waals surface area contributed by atoms with Crippen LogP contribution in [0.3, 0.4) is 0 Å². The molecule has 2 nitrogen and oxygen atoms in total. The van der Waals surface area contributed by atoms with E-state index < -0.39 is 5.82 Å². The molecule has 0 saturated heterocycles. The molecule has 0 aliphatic carbocycles. The molecule has 0 saturated carbocycles. The van der Waals surface area contributed by atoms with Gasteiger partial charge in [-0.05, 0) is 30.3 Å². The Hall–Kier alpha value is -2.13. The van der Waals surface area contributed by atoms with Gasteiger partial charge in [0.1, 0.15) is 5.82 Å². The van der Waals surface area contributed by atoms with Gasteiger partial charge in [-0.25, -0.2) is 4.39 Å². The zero-order valence-electron chi connectivity index (χ0n) is 10.5. The van der Waals surface area contributed by atoms with Crippen LogP contribution in [0.5, 0.6) is 0 Å². The number of rotatable bonds is 3. The molecular formula is C16H11ClFNO. The fourth-order valence-corrected chi connectivity index (χ4v) is 2.46. The van der Waals surface area contributed by atoms with E-state index in [4.69, 9.17) is 11.6 Å². The highest BCUT2D eigenvalue weighted by molar-refractivity contribution is 6.35. The third-order valence-corrected chi connectivity index (χ3v) is 3.55. The standard InChI is InChI=1S/C16H11ClFNO/c17-14-5-2-6-15-13(14)7-8-19(15)10-16(20)11-3-1-4-12(18)9-11/h1-9H,10H2. The number of nitrogens with zero attached hydrogens (tertiary/aromatic N) is 1. The van der Waals surface area contributed by atoms with Gasteiger partial charge in [0.2, 0.25) is 0 Å². The van der Waals surface area contributed by atoms with Crippen molar-refractivity contribution >= 4 is 28.3 Å². The molecular weight excluding hydrogens is 277 g/mol. The lowest BCUT2D eigenvalue weighted by molar-refractivity contribution is 0.0973. The predicted octanol–water partition coefficient (Wildman–Crippen LogP) is 4.32. The summed E-state index contributed by atoms with van der Waals surface area (Å²) in [6, 6.07) is 13.1. The summed E-state index contributed by atoms with van der Waals surface area (Å²) in [6.45, 7) is 0.160. The molecule has 3 aromatic rings. The van der Waals surface area contributed by atoms with E-state index in [9.17, 15) is 9.18 Å². The quantitative estimate of drug-likeness (QED) is 0.658. The minimum absolute atomic E-state index is 0.137. The number of Topliss-reactive ketones (excluding diaryl/α,β-unsaturated/α-hetero) is 1. The average molecular weight is 288 g/mol. The normalized spacial score (nSPS) is 10.9. The lowest BCUT2D eigenvalue weighted by Crippen LogP contribution is -2.09. The highest BCUT2D eigenvalue weighted by Gasteiger charge is 2.10. The van der Waals surface area contributed by atoms with Crippen LogP contribution in [0.1, 0.15) is 10.4 Å². The Bertz CT molecular complexity index is 794. The molecule has 0 N–H and O–H groups in total. The Kier molecular flexibility index (Phi) is 3.28. The van der Waals surface area contributed by atoms with Crippen LogP contribution in [-0.4, -0.2) is 10.4 Å². The van der Waals surface area contributed by atoms with Crippen molar-refractivity contribution in [2.24, 2.45) is 0 Å². The zero-order chi connectivity index (χ0) is 14.1. The highest BCUT2D eigenvalue weighted by atomic mass is 35.5. The molecule has 0 fully saturated rings. The van der Waals surface area contributed by atoms with Gasteiger partial charge in [0, 0.05) is 27.7 Å². The predicted molar refractivity (Wildman–Crippen MR) is 77.7 cm³/mol. The second-order valence-corrected chi connectivity index (χ2v) is 4.96. The van der Waals surface area contributed by atoms with E-state index in [1.54, 1.807) is 6.07 Å². The molecule has 0 spiro atoms. The molecule has 4 heteroatoms. The Labute approximate surface area is 120 Å². The van der Waals surface area contributed by atoms with Crippen molar-refractivity contribution in [1.29, 1.82) is 0 Å². The molecule has 2 aromatic carbocycles. The summed E-state index contributed by atoms with van der Waals surface area (Å²) >= 11 is 6.10. The van der Waals surface area contributed by atoms with Crippen LogP contribution in [0.4, 0.5) is 4.39 Å². The summed E-state index contributed by atoms with van der Waals surface area (Å²) in [5, 5.41) is 1.56. The third-order valence-electron chi connectivity index (χ3n) is 3.22. The number of hydrogen-bond acceptors (Lipinski definition) is 1. The number of carbonyl (C=O) groups is 1. The second-order valence-electron chi connectivity index (χ2n) is 4.55. The van der Waals surface area contributed by atoms with Crippen molar-refractivity contribution in [2.75, 3.05) is 0 Å². The Balaban J connectivity index is 1.94. The zero-order valence-corrected chi connectivity index (χ0v) is 11.3. The van der Waals surface area contributed by atoms with Gasteiger partial charge in [0.05, 0.1) is 6.54 Å². The first kappa shape index (κ1) is 12.9. The molecule has 0 aliphatic heterocycles. The van der Waals surface area contributed by atoms with Gasteiger partial charge in [0.25, 0.3) is 0 Å². The van der Waals surface area contributed by atoms with Crippen LogP contribution in [-0.2, 0) is 6.54 Å². The largest absolute Gasteiger partial charge is 0.340 e. The van der Waals surface area contributed by atoms with Crippen molar-refractivity contribution in [3.05, 3.63) is 71.1 Å². The van der Waals surface area contributed by atoms with Crippen LogP contribution >= 0.6 is 11.6 Å². The number of hydrogen-bond donors (Lipinski definition) is 0. The Morgan fingerprint density at radius 2 is 1.95 bits per heavy atom. The van der Waals surface area contributed by atoms with Gasteiger partial charge in [-0.2, -0.15) is 0 Å². The first-order chi connectivity index (χ1) is 9.65. The van der Waals surface area contributed by atoms with Gasteiger partial charge in [0.15, 0.2) is 5.78 Å². The lowest BCUT2D eigenvalue weighted by atomic mass is 10.1. The summed E-state index contributed by atoms with van der Waals surface area (Å²) < 4.78 is 14.9. The summed E-state index contributed by atoms with van der Waals surface area (Å²) in [5.41, 5.74) is 1.26. The molecule has 0 amide bonds. The maximum absolute atomic E-state index is 13.1. The molecule has 0 unspecified atom stereocenters. The van der Waals surface area contributed by atoms with Crippen LogP contribution in [0, 0.1) is 5.82 Å². The summed E-state index contributed by atoms with van der Waals surface area (Å²) in [5.74, 6) is -0.543. The molecule has 20 heavy (non-hydrogen) atoms. The van der Waals surface area contributed by atoms with E-state index in [1.165, 1.54) is 18.2 Å². The van der Waals surface area contributed by atoms with Crippen LogP contribution < -0.4 is 0 Å². The smallest absolute Gasteiger partial charge is 0.182 e. The number of carbonyl (C=O) groups excluding carboxylic acids is 1. The average Bonchev–Trinajstić information content (AvgIpc) is 2.83. The number of aromatic nitrogens is 1. The van der Waals surface area contributed by atoms with E-state index in [-0.39, 0.29) is 12.3 Å². The monoisotopic (exact) mass is 287 g/mol. The van der Waals surface area contributed by atoms with Crippen LogP contribution in [0.15, 0.2) is 54.7 Å². The lowest BCUT2D eigenvalue weighted by Gasteiger charge is -2.05. The SMILES string of the molecule is O=C(Cn1ccc2c(Cl)cccc21)c1cccc(F)c1. The molecule has 1 aromatic heterocycles. The van der Waals surface area contributed by atoms with Crippen molar-refractivity contribution in [1.82, 2.24) is 4.57 Å². The van der Waals surface area contributed by atoms with Gasteiger partial charge >= 0.3 is 0 Å². The Morgan fingerprint density at radius 3 is 2.75 bits per heavy atom. The van der Waals surface area contributed by atoms with Crippen molar-refractivity contribution in [2.45, 2.75) is 6.54 Å². The Morgan fingerprint density at radius 1 is 1.15 bits per heavy atom. The van der Waals surface area contributed by atoms with Gasteiger partial charge in [-0.1, -0.05) is 29.8 Å². The minimum atomic E-state index is -0.406. The number of ketones is 1. The molecule has 0 bridgehead atoms. The molecule has 1 heterocycles. The van der Waals surface area contributed by atoms with E-state index in [0.717, 1.165) is 10.9 Å². The number of fused-ring (bicyclic) bond motifs is 1. The molecule has 0 atom stereocenters. The van der Waals surface area contributed by atoms with E-state index >= 15 is 0 Å². The second kappa shape index (κ2) is 5.10. The summed E-state index contributed by atoms with van der Waals surface area (Å²) in [4.78, 5) is 12.2. The summed E-state index contributed by atoms with van der Waals surface area (Å²) in [6.07, 6.45) is 1.81. The number of halogens is 2. The minimum Gasteiger partial charge on any atom is -0.340 e.